The average molecular weight is 310 g/mol. The number of methoxy groups -OCH3 is 1. The van der Waals surface area contributed by atoms with Crippen LogP contribution in [0.1, 0.15) is 30.6 Å². The highest BCUT2D eigenvalue weighted by atomic mass is 32.1. The molecule has 1 amide bonds. The zero-order valence-corrected chi connectivity index (χ0v) is 13.4. The number of benzene rings is 1. The lowest BCUT2D eigenvalue weighted by Gasteiger charge is -2.25. The van der Waals surface area contributed by atoms with Crippen LogP contribution in [0.5, 0.6) is 11.5 Å². The molecule has 0 aliphatic carbocycles. The number of phenols is 1. The molecule has 0 aliphatic rings. The molecular formula is C15H22N2O3S. The summed E-state index contributed by atoms with van der Waals surface area (Å²) in [6.07, 6.45) is 0.463. The Morgan fingerprint density at radius 3 is 2.62 bits per heavy atom. The summed E-state index contributed by atoms with van der Waals surface area (Å²) in [5, 5.41) is 9.98. The van der Waals surface area contributed by atoms with Crippen molar-refractivity contribution in [2.24, 2.45) is 11.7 Å². The third kappa shape index (κ3) is 5.23. The summed E-state index contributed by atoms with van der Waals surface area (Å²) in [7, 11) is 1.50. The van der Waals surface area contributed by atoms with Gasteiger partial charge in [-0.05, 0) is 18.1 Å². The van der Waals surface area contributed by atoms with Crippen LogP contribution in [0.25, 0.3) is 0 Å². The fourth-order valence-electron chi connectivity index (χ4n) is 1.95. The molecule has 5 nitrogen and oxygen atoms in total. The molecule has 0 heterocycles. The van der Waals surface area contributed by atoms with Gasteiger partial charge in [-0.25, -0.2) is 0 Å². The summed E-state index contributed by atoms with van der Waals surface area (Å²) in [4.78, 5) is 14.6. The molecule has 0 saturated heterocycles. The van der Waals surface area contributed by atoms with Gasteiger partial charge < -0.3 is 20.5 Å². The first-order chi connectivity index (χ1) is 9.85. The van der Waals surface area contributed by atoms with Gasteiger partial charge >= 0.3 is 0 Å². The van der Waals surface area contributed by atoms with Crippen LogP contribution in [-0.4, -0.2) is 41.1 Å². The molecule has 0 aliphatic heterocycles. The zero-order chi connectivity index (χ0) is 16.0. The number of nitrogens with zero attached hydrogens (tertiary/aromatic N) is 1. The van der Waals surface area contributed by atoms with Gasteiger partial charge in [-0.2, -0.15) is 0 Å². The molecule has 0 aromatic heterocycles. The van der Waals surface area contributed by atoms with E-state index < -0.39 is 0 Å². The summed E-state index contributed by atoms with van der Waals surface area (Å²) in [6, 6.07) is 4.63. The Labute approximate surface area is 130 Å². The van der Waals surface area contributed by atoms with E-state index in [9.17, 15) is 9.90 Å². The van der Waals surface area contributed by atoms with E-state index in [2.05, 4.69) is 0 Å². The van der Waals surface area contributed by atoms with Gasteiger partial charge in [0.05, 0.1) is 17.7 Å². The van der Waals surface area contributed by atoms with Gasteiger partial charge in [0.2, 0.25) is 0 Å². The second-order valence-corrected chi connectivity index (χ2v) is 5.77. The highest BCUT2D eigenvalue weighted by molar-refractivity contribution is 7.80. The number of ether oxygens (including phenoxy) is 1. The Morgan fingerprint density at radius 2 is 2.14 bits per heavy atom. The molecule has 0 fully saturated rings. The number of rotatable bonds is 7. The standard InChI is InChI=1S/C15H22N2O3S/c1-10(2)9-17(7-6-14(16)21)15(19)12-5-4-11(20-3)8-13(12)18/h4-5,8,10,18H,6-7,9H2,1-3H3,(H2,16,21). The van der Waals surface area contributed by atoms with Crippen LogP contribution in [0.4, 0.5) is 0 Å². The van der Waals surface area contributed by atoms with E-state index in [1.54, 1.807) is 17.0 Å². The number of phenolic OH excluding ortho intramolecular Hbond substituents is 1. The number of amides is 1. The van der Waals surface area contributed by atoms with Crippen molar-refractivity contribution in [3.8, 4) is 11.5 Å². The first-order valence-corrected chi connectivity index (χ1v) is 7.20. The van der Waals surface area contributed by atoms with Gasteiger partial charge in [0, 0.05) is 25.6 Å². The van der Waals surface area contributed by atoms with Gasteiger partial charge in [-0.1, -0.05) is 26.1 Å². The van der Waals surface area contributed by atoms with Crippen LogP contribution in [0.3, 0.4) is 0 Å². The Balaban J connectivity index is 2.95. The third-order valence-electron chi connectivity index (χ3n) is 2.94. The fraction of sp³-hybridized carbons (Fsp3) is 0.467. The molecule has 0 bridgehead atoms. The minimum atomic E-state index is -0.236. The summed E-state index contributed by atoms with van der Waals surface area (Å²) in [5.74, 6) is 0.479. The van der Waals surface area contributed by atoms with E-state index in [1.165, 1.54) is 13.2 Å². The number of aromatic hydroxyl groups is 1. The van der Waals surface area contributed by atoms with E-state index in [1.807, 2.05) is 13.8 Å². The van der Waals surface area contributed by atoms with Crippen molar-refractivity contribution in [3.63, 3.8) is 0 Å². The highest BCUT2D eigenvalue weighted by Crippen LogP contribution is 2.25. The molecule has 0 spiro atoms. The van der Waals surface area contributed by atoms with E-state index in [0.29, 0.717) is 36.2 Å². The lowest BCUT2D eigenvalue weighted by Crippen LogP contribution is -2.36. The SMILES string of the molecule is COc1ccc(C(=O)N(CCC(N)=S)CC(C)C)c(O)c1. The molecule has 0 atom stereocenters. The van der Waals surface area contributed by atoms with Gasteiger partial charge in [0.15, 0.2) is 0 Å². The van der Waals surface area contributed by atoms with Gasteiger partial charge in [-0.15, -0.1) is 0 Å². The van der Waals surface area contributed by atoms with Crippen molar-refractivity contribution in [2.45, 2.75) is 20.3 Å². The van der Waals surface area contributed by atoms with Crippen molar-refractivity contribution in [1.29, 1.82) is 0 Å². The van der Waals surface area contributed by atoms with Crippen molar-refractivity contribution in [3.05, 3.63) is 23.8 Å². The first-order valence-electron chi connectivity index (χ1n) is 6.79. The lowest BCUT2D eigenvalue weighted by atomic mass is 10.1. The van der Waals surface area contributed by atoms with Gasteiger partial charge in [-0.3, -0.25) is 4.79 Å². The topological polar surface area (TPSA) is 75.8 Å². The molecule has 1 rings (SSSR count). The van der Waals surface area contributed by atoms with Crippen LogP contribution >= 0.6 is 12.2 Å². The summed E-state index contributed by atoms with van der Waals surface area (Å²) >= 11 is 4.86. The van der Waals surface area contributed by atoms with E-state index in [0.717, 1.165) is 0 Å². The van der Waals surface area contributed by atoms with E-state index in [-0.39, 0.29) is 17.2 Å². The Morgan fingerprint density at radius 1 is 1.48 bits per heavy atom. The number of hydrogen-bond acceptors (Lipinski definition) is 4. The van der Waals surface area contributed by atoms with Crippen LogP contribution in [-0.2, 0) is 0 Å². The maximum atomic E-state index is 12.6. The maximum absolute atomic E-state index is 12.6. The summed E-state index contributed by atoms with van der Waals surface area (Å²) in [6.45, 7) is 5.06. The number of hydrogen-bond donors (Lipinski definition) is 2. The van der Waals surface area contributed by atoms with Crippen LogP contribution in [0.15, 0.2) is 18.2 Å². The zero-order valence-electron chi connectivity index (χ0n) is 12.6. The maximum Gasteiger partial charge on any atom is 0.257 e. The smallest absolute Gasteiger partial charge is 0.257 e. The largest absolute Gasteiger partial charge is 0.507 e. The molecule has 1 aromatic carbocycles. The monoisotopic (exact) mass is 310 g/mol. The van der Waals surface area contributed by atoms with Gasteiger partial charge in [0.25, 0.3) is 5.91 Å². The summed E-state index contributed by atoms with van der Waals surface area (Å²) in [5.41, 5.74) is 5.76. The van der Waals surface area contributed by atoms with E-state index in [4.69, 9.17) is 22.7 Å². The average Bonchev–Trinajstić information content (AvgIpc) is 2.42. The Bertz CT molecular complexity index is 518. The number of thiocarbonyl (C=S) groups is 1. The number of nitrogens with two attached hydrogens (primary N) is 1. The van der Waals surface area contributed by atoms with E-state index >= 15 is 0 Å². The fourth-order valence-corrected chi connectivity index (χ4v) is 2.04. The minimum absolute atomic E-state index is 0.0940. The molecule has 0 saturated carbocycles. The second-order valence-electron chi connectivity index (χ2n) is 5.24. The van der Waals surface area contributed by atoms with Gasteiger partial charge in [0.1, 0.15) is 11.5 Å². The molecule has 6 heteroatoms. The molecule has 0 unspecified atom stereocenters. The first kappa shape index (κ1) is 17.2. The quantitative estimate of drug-likeness (QED) is 0.755. The summed E-state index contributed by atoms with van der Waals surface area (Å²) < 4.78 is 5.02. The Kier molecular flexibility index (Phi) is 6.42. The predicted molar refractivity (Wildman–Crippen MR) is 86.8 cm³/mol. The molecule has 0 radical (unpaired) electrons. The minimum Gasteiger partial charge on any atom is -0.507 e. The van der Waals surface area contributed by atoms with Crippen molar-refractivity contribution in [1.82, 2.24) is 4.90 Å². The van der Waals surface area contributed by atoms with Crippen LogP contribution in [0.2, 0.25) is 0 Å². The number of carbonyl (C=O) groups is 1. The molecule has 116 valence electrons. The van der Waals surface area contributed by atoms with Crippen molar-refractivity contribution < 1.29 is 14.6 Å². The van der Waals surface area contributed by atoms with Crippen LogP contribution < -0.4 is 10.5 Å². The van der Waals surface area contributed by atoms with Crippen molar-refractivity contribution >= 4 is 23.1 Å². The van der Waals surface area contributed by atoms with Crippen LogP contribution in [0, 0.1) is 5.92 Å². The molecule has 1 aromatic rings. The molecular weight excluding hydrogens is 288 g/mol. The highest BCUT2D eigenvalue weighted by Gasteiger charge is 2.20. The molecule has 21 heavy (non-hydrogen) atoms. The van der Waals surface area contributed by atoms with Crippen molar-refractivity contribution in [2.75, 3.05) is 20.2 Å². The second kappa shape index (κ2) is 7.83. The third-order valence-corrected chi connectivity index (χ3v) is 3.14. The molecule has 3 N–H and O–H groups in total. The Hall–Kier alpha value is -1.82. The predicted octanol–water partition coefficient (Wildman–Crippen LogP) is 2.18. The normalized spacial score (nSPS) is 10.5. The lowest BCUT2D eigenvalue weighted by molar-refractivity contribution is 0.0738. The number of carbonyl (C=O) groups excluding carboxylic acids is 1.